The van der Waals surface area contributed by atoms with Crippen LogP contribution < -0.4 is 0 Å². The average Bonchev–Trinajstić information content (AvgIpc) is 3.67. The molecule has 0 bridgehead atoms. The molecule has 1 unspecified atom stereocenters. The van der Waals surface area contributed by atoms with E-state index >= 15 is 0 Å². The van der Waals surface area contributed by atoms with Crippen LogP contribution in [0.2, 0.25) is 10.0 Å². The third-order valence-electron chi connectivity index (χ3n) is 8.12. The number of rotatable bonds is 2. The topological polar surface area (TPSA) is 0 Å². The second kappa shape index (κ2) is 23.1. The minimum absolute atomic E-state index is 0. The Morgan fingerprint density at radius 3 is 1.61 bits per heavy atom. The predicted octanol–water partition coefficient (Wildman–Crippen LogP) is 14.5. The van der Waals surface area contributed by atoms with Crippen LogP contribution in [0.5, 0.6) is 0 Å². The van der Waals surface area contributed by atoms with E-state index in [2.05, 4.69) is 140 Å². The molecule has 0 saturated carbocycles. The van der Waals surface area contributed by atoms with Gasteiger partial charge in [0.15, 0.2) is 0 Å². The van der Waals surface area contributed by atoms with Crippen LogP contribution in [0.1, 0.15) is 104 Å². The first-order valence-electron chi connectivity index (χ1n) is 17.1. The van der Waals surface area contributed by atoms with Crippen LogP contribution in [-0.4, -0.2) is 4.21 Å². The zero-order valence-electron chi connectivity index (χ0n) is 32.1. The van der Waals surface area contributed by atoms with Gasteiger partial charge in [-0.15, -0.1) is 59.1 Å². The van der Waals surface area contributed by atoms with Crippen molar-refractivity contribution >= 4 is 52.2 Å². The van der Waals surface area contributed by atoms with Gasteiger partial charge in [-0.3, -0.25) is 6.08 Å². The molecular formula is C46H56Cl4Zr-4. The summed E-state index contributed by atoms with van der Waals surface area (Å²) in [4.78, 5) is 0. The Morgan fingerprint density at radius 2 is 1.22 bits per heavy atom. The van der Waals surface area contributed by atoms with Crippen LogP contribution in [0, 0.1) is 35.6 Å². The fourth-order valence-corrected chi connectivity index (χ4v) is 5.47. The Labute approximate surface area is 348 Å². The van der Waals surface area contributed by atoms with Crippen molar-refractivity contribution in [1.29, 1.82) is 0 Å². The van der Waals surface area contributed by atoms with E-state index in [-0.39, 0.29) is 35.6 Å². The molecule has 0 spiro atoms. The molecule has 0 amide bonds. The Kier molecular flexibility index (Phi) is 22.4. The molecule has 0 aromatic heterocycles. The van der Waals surface area contributed by atoms with E-state index in [1.54, 1.807) is 48.5 Å². The van der Waals surface area contributed by atoms with Gasteiger partial charge in [-0.2, -0.15) is 96.1 Å². The summed E-state index contributed by atoms with van der Waals surface area (Å²) >= 11 is 12.3. The van der Waals surface area contributed by atoms with E-state index in [1.165, 1.54) is 76.0 Å². The fourth-order valence-electron chi connectivity index (χ4n) is 5.21. The van der Waals surface area contributed by atoms with Gasteiger partial charge in [-0.1, -0.05) is 127 Å². The summed E-state index contributed by atoms with van der Waals surface area (Å²) in [5, 5.41) is 1.53. The third-order valence-corrected chi connectivity index (χ3v) is 8.62. The second-order valence-electron chi connectivity index (χ2n) is 15.3. The first-order chi connectivity index (χ1) is 23.0. The molecule has 0 heterocycles. The molecule has 4 aromatic rings. The summed E-state index contributed by atoms with van der Waals surface area (Å²) in [6, 6.07) is 35.2. The summed E-state index contributed by atoms with van der Waals surface area (Å²) in [6.07, 6.45) is 11.4. The van der Waals surface area contributed by atoms with Gasteiger partial charge in [0.1, 0.15) is 0 Å². The predicted molar refractivity (Wildman–Crippen MR) is 227 cm³/mol. The van der Waals surface area contributed by atoms with Crippen molar-refractivity contribution in [2.75, 3.05) is 0 Å². The first kappa shape index (κ1) is 49.3. The minimum atomic E-state index is 0. The molecule has 4 aromatic carbocycles. The Balaban J connectivity index is 0.000000706. The molecule has 0 aliphatic heterocycles. The van der Waals surface area contributed by atoms with Crippen LogP contribution in [0.3, 0.4) is 0 Å². The summed E-state index contributed by atoms with van der Waals surface area (Å²) in [5.41, 5.74) is 10.5. The van der Waals surface area contributed by atoms with Gasteiger partial charge in [-0.25, -0.2) is 6.08 Å². The van der Waals surface area contributed by atoms with Gasteiger partial charge in [0, 0.05) is 0 Å². The number of halogens is 4. The van der Waals surface area contributed by atoms with E-state index < -0.39 is 0 Å². The number of hydrogen-bond acceptors (Lipinski definition) is 0. The zero-order valence-corrected chi connectivity index (χ0v) is 37.7. The van der Waals surface area contributed by atoms with Gasteiger partial charge in [0.25, 0.3) is 0 Å². The van der Waals surface area contributed by atoms with Crippen molar-refractivity contribution in [1.82, 2.24) is 0 Å². The van der Waals surface area contributed by atoms with Gasteiger partial charge >= 0.3 is 28.4 Å². The molecule has 0 radical (unpaired) electrons. The van der Waals surface area contributed by atoms with Crippen LogP contribution in [0.15, 0.2) is 96.6 Å². The van der Waals surface area contributed by atoms with Crippen molar-refractivity contribution in [3.63, 3.8) is 0 Å². The molecule has 2 aliphatic carbocycles. The normalized spacial score (nSPS) is 13.6. The molecule has 0 fully saturated rings. The molecule has 0 saturated heterocycles. The average molecular weight is 842 g/mol. The quantitative estimate of drug-likeness (QED) is 0.155. The van der Waals surface area contributed by atoms with E-state index in [0.29, 0.717) is 11.3 Å². The second-order valence-corrected chi connectivity index (χ2v) is 16.2. The third kappa shape index (κ3) is 16.9. The SMILES string of the molecule is CC(C)(C)c1[c-]c2c(cc1)-c1ccc(C(C)(C)C)cc1C2.CCCC1[C-]=CC(C(C)(C)C)=C1.Cl.Cl.Clc1cc[c-]cc1.Clc1cc[c-]cc1.[CH2]=[Zr]. The molecule has 0 nitrogen and oxygen atoms in total. The van der Waals surface area contributed by atoms with Crippen LogP contribution in [0.4, 0.5) is 0 Å². The van der Waals surface area contributed by atoms with Gasteiger partial charge < -0.3 is 0 Å². The molecule has 6 rings (SSSR count). The summed E-state index contributed by atoms with van der Waals surface area (Å²) in [7, 11) is 0. The molecule has 5 heteroatoms. The Hall–Kier alpha value is -1.73. The molecule has 276 valence electrons. The van der Waals surface area contributed by atoms with E-state index in [1.807, 2.05) is 0 Å². The molecule has 51 heavy (non-hydrogen) atoms. The first-order valence-corrected chi connectivity index (χ1v) is 19.6. The van der Waals surface area contributed by atoms with Crippen molar-refractivity contribution in [2.24, 2.45) is 11.3 Å². The Bertz CT molecular complexity index is 1540. The monoisotopic (exact) mass is 838 g/mol. The number of benzene rings is 4. The van der Waals surface area contributed by atoms with E-state index in [0.717, 1.165) is 16.5 Å². The standard InChI is InChI=1S/C21H25.C12H19.2C6H4Cl.CH2.2ClH.Zr/c1-20(2,3)16-7-9-18-14(12-16)11-15-13-17(21(4,5)6)8-10-19(15)18;1-5-6-10-7-8-11(9-10)12(2,3)4;2*7-6-4-2-1-3-5-6;;;;/h7-10,12H,11H2,1-6H3;8-10H,5-6H2,1-4H3;2*2-5H;1H2;2*1H;/q4*-1;;;;. The van der Waals surface area contributed by atoms with Crippen molar-refractivity contribution < 1.29 is 24.2 Å². The summed E-state index contributed by atoms with van der Waals surface area (Å²) < 4.78 is 3.34. The van der Waals surface area contributed by atoms with Crippen LogP contribution in [0.25, 0.3) is 11.1 Å². The molecule has 2 aliphatic rings. The van der Waals surface area contributed by atoms with Gasteiger partial charge in [0.05, 0.1) is 0 Å². The van der Waals surface area contributed by atoms with Crippen molar-refractivity contribution in [3.8, 4) is 11.1 Å². The molecule has 0 N–H and O–H groups in total. The number of hydrogen-bond donors (Lipinski definition) is 0. The maximum absolute atomic E-state index is 5.52. The van der Waals surface area contributed by atoms with Crippen molar-refractivity contribution in [3.05, 3.63) is 153 Å². The van der Waals surface area contributed by atoms with Crippen LogP contribution in [-0.2, 0) is 41.5 Å². The zero-order chi connectivity index (χ0) is 36.8. The molecule has 1 atom stereocenters. The Morgan fingerprint density at radius 1 is 0.706 bits per heavy atom. The number of fused-ring (bicyclic) bond motifs is 3. The van der Waals surface area contributed by atoms with E-state index in [9.17, 15) is 0 Å². The number of allylic oxidation sites excluding steroid dienone is 4. The van der Waals surface area contributed by atoms with E-state index in [4.69, 9.17) is 23.2 Å². The van der Waals surface area contributed by atoms with Gasteiger partial charge in [-0.05, 0) is 28.4 Å². The maximum atomic E-state index is 5.52. The fraction of sp³-hybridized carbons (Fsp3) is 0.370. The summed E-state index contributed by atoms with van der Waals surface area (Å²) in [5.74, 6) is 0.587. The van der Waals surface area contributed by atoms with Crippen molar-refractivity contribution in [2.45, 2.75) is 99.3 Å². The van der Waals surface area contributed by atoms with Crippen LogP contribution >= 0.6 is 48.0 Å². The summed E-state index contributed by atoms with van der Waals surface area (Å²) in [6.45, 7) is 22.6. The van der Waals surface area contributed by atoms with Gasteiger partial charge in [0.2, 0.25) is 0 Å². The molecular weight excluding hydrogens is 786 g/mol.